The van der Waals surface area contributed by atoms with Gasteiger partial charge in [-0.3, -0.25) is 18.9 Å². The quantitative estimate of drug-likeness (QED) is 0.0168. The number of aromatic nitrogens is 4. The summed E-state index contributed by atoms with van der Waals surface area (Å²) >= 11 is 0.938. The first-order valence-electron chi connectivity index (χ1n) is 18.9. The number of carbonyl (C=O) groups is 2. The number of aryl methyl sites for hydroxylation is 4. The Balaban J connectivity index is 1.29. The van der Waals surface area contributed by atoms with E-state index >= 15 is 0 Å². The van der Waals surface area contributed by atoms with E-state index in [1.807, 2.05) is 32.9 Å². The van der Waals surface area contributed by atoms with Crippen LogP contribution in [0.2, 0.25) is 0 Å². The fourth-order valence-electron chi connectivity index (χ4n) is 7.70. The van der Waals surface area contributed by atoms with Crippen molar-refractivity contribution in [3.05, 3.63) is 134 Å². The fraction of sp³-hybridized carbons (Fsp3) is 0.0952. The third-order valence-electron chi connectivity index (χ3n) is 10.3. The lowest BCUT2D eigenvalue weighted by atomic mass is 9.80. The van der Waals surface area contributed by atoms with Gasteiger partial charge in [-0.25, -0.2) is 10.5 Å². The zero-order valence-corrected chi connectivity index (χ0v) is 36.5. The lowest BCUT2D eigenvalue weighted by Gasteiger charge is -2.26. The van der Waals surface area contributed by atoms with Crippen molar-refractivity contribution in [3.63, 3.8) is 0 Å². The van der Waals surface area contributed by atoms with Gasteiger partial charge in [-0.15, -0.1) is 8.67 Å². The molecule has 8 rings (SSSR count). The van der Waals surface area contributed by atoms with E-state index < -0.39 is 38.1 Å². The van der Waals surface area contributed by atoms with Crippen LogP contribution in [0.4, 0.5) is 34.6 Å². The number of hydrogen-bond acceptors (Lipinski definition) is 20. The summed E-state index contributed by atoms with van der Waals surface area (Å²) in [5, 5.41) is 44.9. The normalized spacial score (nSPS) is 12.0. The molecular formula is C42H33N7O13S3. The molecule has 0 radical (unpaired) electrons. The molecule has 23 heteroatoms. The van der Waals surface area contributed by atoms with Gasteiger partial charge in [0.25, 0.3) is 15.7 Å². The SMILES string of the molecule is Cc1cc(C)c(Nc2nc(O)nc(Nc3cc(Nc4ccc5c6c4C(=O)c4ccccc4-c6c(C(=O)c4cccc(SOOO)c4)c(=O)n5C)c(SOOO)cc3S(=O)(=O)O)n2)c(C)c1. The summed E-state index contributed by atoms with van der Waals surface area (Å²) in [6.07, 6.45) is 0. The number of carbonyl (C=O) groups excluding carboxylic acids is 2. The van der Waals surface area contributed by atoms with Crippen LogP contribution in [-0.4, -0.2) is 59.7 Å². The number of aromatic hydroxyl groups is 1. The van der Waals surface area contributed by atoms with Crippen LogP contribution in [-0.2, 0) is 35.9 Å². The van der Waals surface area contributed by atoms with Crippen molar-refractivity contribution in [2.75, 3.05) is 16.0 Å². The molecule has 0 atom stereocenters. The van der Waals surface area contributed by atoms with Crippen LogP contribution < -0.4 is 21.5 Å². The number of nitrogens with one attached hydrogen (secondary N) is 3. The molecule has 0 saturated carbocycles. The first-order chi connectivity index (χ1) is 31.1. The Kier molecular flexibility index (Phi) is 12.4. The van der Waals surface area contributed by atoms with E-state index in [1.165, 1.54) is 35.9 Å². The molecule has 332 valence electrons. The van der Waals surface area contributed by atoms with Crippen LogP contribution in [0, 0.1) is 20.8 Å². The zero-order valence-electron chi connectivity index (χ0n) is 34.1. The molecule has 0 spiro atoms. The van der Waals surface area contributed by atoms with Crippen LogP contribution in [0.25, 0.3) is 22.0 Å². The maximum absolute atomic E-state index is 14.7. The van der Waals surface area contributed by atoms with Crippen molar-refractivity contribution in [2.45, 2.75) is 35.5 Å². The summed E-state index contributed by atoms with van der Waals surface area (Å²) in [5.41, 5.74) is 3.19. The number of anilines is 6. The monoisotopic (exact) mass is 939 g/mol. The summed E-state index contributed by atoms with van der Waals surface area (Å²) in [6, 6.07) is 20.8. The molecule has 1 aliphatic rings. The highest BCUT2D eigenvalue weighted by atomic mass is 32.2. The highest BCUT2D eigenvalue weighted by Gasteiger charge is 2.34. The summed E-state index contributed by atoms with van der Waals surface area (Å²) in [6.45, 7) is 5.67. The fourth-order valence-corrected chi connectivity index (χ4v) is 9.31. The Morgan fingerprint density at radius 3 is 2.11 bits per heavy atom. The number of fused-ring (bicyclic) bond motifs is 2. The van der Waals surface area contributed by atoms with Crippen molar-refractivity contribution in [1.82, 2.24) is 19.5 Å². The first kappa shape index (κ1) is 44.8. The molecule has 0 saturated heterocycles. The molecule has 20 nitrogen and oxygen atoms in total. The Labute approximate surface area is 376 Å². The Morgan fingerprint density at radius 2 is 1.42 bits per heavy atom. The molecule has 0 fully saturated rings. The molecule has 5 aromatic carbocycles. The predicted molar refractivity (Wildman–Crippen MR) is 237 cm³/mol. The van der Waals surface area contributed by atoms with Crippen LogP contribution in [0.5, 0.6) is 6.01 Å². The van der Waals surface area contributed by atoms with Crippen LogP contribution in [0.3, 0.4) is 0 Å². The van der Waals surface area contributed by atoms with Gasteiger partial charge in [0.05, 0.1) is 62.7 Å². The molecule has 0 unspecified atom stereocenters. The molecule has 1 aliphatic carbocycles. The molecule has 0 bridgehead atoms. The zero-order chi connectivity index (χ0) is 46.3. The smallest absolute Gasteiger partial charge is 0.320 e. The van der Waals surface area contributed by atoms with Crippen molar-refractivity contribution in [2.24, 2.45) is 7.05 Å². The van der Waals surface area contributed by atoms with E-state index in [4.69, 9.17) is 14.8 Å². The topological polar surface area (TPSA) is 283 Å². The van der Waals surface area contributed by atoms with E-state index in [1.54, 1.807) is 42.5 Å². The highest BCUT2D eigenvalue weighted by molar-refractivity contribution is 7.95. The van der Waals surface area contributed by atoms with Crippen molar-refractivity contribution >= 4 is 91.3 Å². The third kappa shape index (κ3) is 8.75. The van der Waals surface area contributed by atoms with E-state index in [9.17, 15) is 32.5 Å². The minimum Gasteiger partial charge on any atom is -0.479 e. The van der Waals surface area contributed by atoms with Gasteiger partial charge < -0.3 is 25.6 Å². The number of rotatable bonds is 15. The van der Waals surface area contributed by atoms with Crippen LogP contribution >= 0.6 is 24.1 Å². The van der Waals surface area contributed by atoms with Gasteiger partial charge in [-0.1, -0.05) is 64.2 Å². The van der Waals surface area contributed by atoms with E-state index in [0.717, 1.165) is 22.8 Å². The van der Waals surface area contributed by atoms with Crippen molar-refractivity contribution < 1.29 is 56.9 Å². The largest absolute Gasteiger partial charge is 0.479 e. The lowest BCUT2D eigenvalue weighted by molar-refractivity contribution is -0.432. The molecule has 7 aromatic rings. The minimum atomic E-state index is -5.06. The highest BCUT2D eigenvalue weighted by Crippen LogP contribution is 2.46. The van der Waals surface area contributed by atoms with Gasteiger partial charge in [0.1, 0.15) is 4.90 Å². The third-order valence-corrected chi connectivity index (χ3v) is 12.4. The second-order valence-corrected chi connectivity index (χ2v) is 17.3. The molecule has 0 amide bonds. The van der Waals surface area contributed by atoms with Gasteiger partial charge in [0.2, 0.25) is 11.9 Å². The van der Waals surface area contributed by atoms with E-state index in [0.29, 0.717) is 40.2 Å². The van der Waals surface area contributed by atoms with Crippen molar-refractivity contribution in [3.8, 4) is 17.1 Å². The average Bonchev–Trinajstić information content (AvgIpc) is 3.26. The summed E-state index contributed by atoms with van der Waals surface area (Å²) < 4.78 is 46.7. The molecule has 0 aliphatic heterocycles. The lowest BCUT2D eigenvalue weighted by Crippen LogP contribution is -2.29. The second kappa shape index (κ2) is 18.0. The Hall–Kier alpha value is -6.77. The van der Waals surface area contributed by atoms with E-state index in [2.05, 4.69) is 45.3 Å². The van der Waals surface area contributed by atoms with E-state index in [-0.39, 0.29) is 72.6 Å². The number of hydrogen-bond donors (Lipinski definition) is 7. The molecule has 2 heterocycles. The summed E-state index contributed by atoms with van der Waals surface area (Å²) in [4.78, 5) is 55.1. The van der Waals surface area contributed by atoms with Crippen LogP contribution in [0.1, 0.15) is 48.5 Å². The molecule has 2 aromatic heterocycles. The Bertz CT molecular complexity index is 3270. The van der Waals surface area contributed by atoms with Gasteiger partial charge in [0, 0.05) is 39.7 Å². The maximum Gasteiger partial charge on any atom is 0.320 e. The molecular weight excluding hydrogens is 907 g/mol. The standard InChI is InChI=1S/C42H33N7O13S3/c1-19-14-20(2)36(21(3)15-19)45-41-46-40(47-42(53)48-41)44-28-17-27(30(64-62-60-55)18-31(28)65(56,57)58)43-26-12-13-29-34-32(24-10-5-6-11-25(24)38(51)33(26)34)35(39(52)49(29)4)37(50)22-8-7-9-23(16-22)63-61-59-54/h5-18,43,54-55H,1-4H3,(H,56,57,58)(H3,44,45,46,47,48,53). The van der Waals surface area contributed by atoms with Gasteiger partial charge in [-0.2, -0.15) is 23.4 Å². The van der Waals surface area contributed by atoms with Gasteiger partial charge >= 0.3 is 6.01 Å². The molecule has 65 heavy (non-hydrogen) atoms. The summed E-state index contributed by atoms with van der Waals surface area (Å²) in [7, 11) is -3.61. The Morgan fingerprint density at radius 1 is 0.738 bits per heavy atom. The van der Waals surface area contributed by atoms with Crippen LogP contribution in [0.15, 0.2) is 104 Å². The minimum absolute atomic E-state index is 0.0158. The molecule has 7 N–H and O–H groups in total. The predicted octanol–water partition coefficient (Wildman–Crippen LogP) is 8.13. The van der Waals surface area contributed by atoms with Gasteiger partial charge in [-0.05, 0) is 73.9 Å². The number of benzene rings is 5. The maximum atomic E-state index is 14.7. The summed E-state index contributed by atoms with van der Waals surface area (Å²) in [5.74, 6) is -1.67. The second-order valence-electron chi connectivity index (χ2n) is 14.4. The van der Waals surface area contributed by atoms with Gasteiger partial charge in [0.15, 0.2) is 11.6 Å². The van der Waals surface area contributed by atoms with Crippen molar-refractivity contribution in [1.29, 1.82) is 0 Å². The average molecular weight is 940 g/mol. The number of nitrogens with zero attached hydrogens (tertiary/aromatic N) is 4. The first-order valence-corrected chi connectivity index (χ1v) is 21.8. The number of pyridine rings is 1. The number of ketones is 2.